The van der Waals surface area contributed by atoms with Gasteiger partial charge < -0.3 is 10.4 Å². The fourth-order valence-electron chi connectivity index (χ4n) is 3.53. The second-order valence-corrected chi connectivity index (χ2v) is 6.78. The summed E-state index contributed by atoms with van der Waals surface area (Å²) >= 11 is 1.28. The Morgan fingerprint density at radius 1 is 1.45 bits per heavy atom. The van der Waals surface area contributed by atoms with Gasteiger partial charge in [-0.1, -0.05) is 6.42 Å². The zero-order valence-electron chi connectivity index (χ0n) is 11.3. The molecule has 6 heteroatoms. The molecule has 0 spiro atoms. The molecule has 2 fully saturated rings. The first-order valence-electron chi connectivity index (χ1n) is 7.03. The Morgan fingerprint density at radius 3 is 2.80 bits per heavy atom. The molecule has 1 heterocycles. The molecule has 2 aliphatic rings. The van der Waals surface area contributed by atoms with Gasteiger partial charge in [-0.25, -0.2) is 9.78 Å². The van der Waals surface area contributed by atoms with Crippen LogP contribution in [0.2, 0.25) is 0 Å². The number of carbonyl (C=O) groups is 2. The molecule has 2 saturated carbocycles. The number of hydrogen-bond donors (Lipinski definition) is 2. The molecule has 1 amide bonds. The van der Waals surface area contributed by atoms with Crippen molar-refractivity contribution in [2.75, 3.05) is 0 Å². The zero-order chi connectivity index (χ0) is 14.3. The van der Waals surface area contributed by atoms with E-state index in [1.807, 2.05) is 6.92 Å². The quantitative estimate of drug-likeness (QED) is 0.894. The number of nitrogens with one attached hydrogen (secondary N) is 1. The maximum atomic E-state index is 12.3. The van der Waals surface area contributed by atoms with E-state index in [9.17, 15) is 9.59 Å². The van der Waals surface area contributed by atoms with Gasteiger partial charge in [0.1, 0.15) is 5.01 Å². The molecule has 2 bridgehead atoms. The lowest BCUT2D eigenvalue weighted by atomic mass is 9.88. The van der Waals surface area contributed by atoms with Crippen molar-refractivity contribution in [2.24, 2.45) is 17.8 Å². The molecule has 108 valence electrons. The Bertz CT molecular complexity index is 542. The van der Waals surface area contributed by atoms with E-state index in [-0.39, 0.29) is 23.6 Å². The summed E-state index contributed by atoms with van der Waals surface area (Å²) in [5.41, 5.74) is 0.0472. The summed E-state index contributed by atoms with van der Waals surface area (Å²) in [4.78, 5) is 27.2. The lowest BCUT2D eigenvalue weighted by molar-refractivity contribution is -0.127. The number of aromatic carboxylic acids is 1. The smallest absolute Gasteiger partial charge is 0.355 e. The first-order chi connectivity index (χ1) is 9.54. The van der Waals surface area contributed by atoms with Gasteiger partial charge in [-0.15, -0.1) is 11.3 Å². The van der Waals surface area contributed by atoms with E-state index in [0.29, 0.717) is 10.9 Å². The van der Waals surface area contributed by atoms with Crippen LogP contribution in [0, 0.1) is 17.8 Å². The van der Waals surface area contributed by atoms with Crippen molar-refractivity contribution in [1.82, 2.24) is 10.3 Å². The third-order valence-electron chi connectivity index (χ3n) is 4.55. The third kappa shape index (κ3) is 2.44. The summed E-state index contributed by atoms with van der Waals surface area (Å²) in [6, 6.07) is -0.222. The van der Waals surface area contributed by atoms with Gasteiger partial charge in [0.05, 0.1) is 6.04 Å². The van der Waals surface area contributed by atoms with Crippen LogP contribution in [0.15, 0.2) is 5.38 Å². The van der Waals surface area contributed by atoms with Crippen molar-refractivity contribution < 1.29 is 14.7 Å². The topological polar surface area (TPSA) is 79.3 Å². The van der Waals surface area contributed by atoms with E-state index < -0.39 is 5.97 Å². The van der Waals surface area contributed by atoms with Gasteiger partial charge >= 0.3 is 5.97 Å². The van der Waals surface area contributed by atoms with Crippen molar-refractivity contribution in [3.8, 4) is 0 Å². The fraction of sp³-hybridized carbons (Fsp3) is 0.643. The largest absolute Gasteiger partial charge is 0.476 e. The molecule has 0 aromatic carbocycles. The second kappa shape index (κ2) is 5.16. The van der Waals surface area contributed by atoms with Gasteiger partial charge in [-0.05, 0) is 38.0 Å². The maximum absolute atomic E-state index is 12.3. The van der Waals surface area contributed by atoms with E-state index in [1.165, 1.54) is 36.0 Å². The minimum atomic E-state index is -1.03. The first-order valence-corrected chi connectivity index (χ1v) is 7.91. The normalized spacial score (nSPS) is 29.4. The predicted octanol–water partition coefficient (Wildman–Crippen LogP) is 2.45. The number of amides is 1. The summed E-state index contributed by atoms with van der Waals surface area (Å²) in [6.45, 7) is 1.86. The van der Waals surface area contributed by atoms with Crippen LogP contribution in [0.4, 0.5) is 0 Å². The van der Waals surface area contributed by atoms with Crippen LogP contribution in [0.1, 0.15) is 54.1 Å². The highest BCUT2D eigenvalue weighted by molar-refractivity contribution is 7.09. The predicted molar refractivity (Wildman–Crippen MR) is 74.6 cm³/mol. The lowest BCUT2D eigenvalue weighted by Gasteiger charge is -2.22. The van der Waals surface area contributed by atoms with Crippen molar-refractivity contribution in [2.45, 2.75) is 38.6 Å². The minimum Gasteiger partial charge on any atom is -0.476 e. The SMILES string of the molecule is CC(NC(=O)C1CC2CCC1C2)c1nc(C(=O)O)cs1. The summed E-state index contributed by atoms with van der Waals surface area (Å²) < 4.78 is 0. The number of carboxylic acid groups (broad SMARTS) is 1. The number of rotatable bonds is 4. The molecule has 0 saturated heterocycles. The number of carbonyl (C=O) groups excluding carboxylic acids is 1. The monoisotopic (exact) mass is 294 g/mol. The summed E-state index contributed by atoms with van der Waals surface area (Å²) in [5.74, 6) is 0.522. The Hall–Kier alpha value is -1.43. The molecule has 2 aliphatic carbocycles. The van der Waals surface area contributed by atoms with Crippen molar-refractivity contribution >= 4 is 23.2 Å². The Labute approximate surface area is 121 Å². The Kier molecular flexibility index (Phi) is 3.50. The van der Waals surface area contributed by atoms with Gasteiger partial charge in [0.15, 0.2) is 5.69 Å². The van der Waals surface area contributed by atoms with E-state index >= 15 is 0 Å². The number of hydrogen-bond acceptors (Lipinski definition) is 4. The maximum Gasteiger partial charge on any atom is 0.355 e. The molecule has 5 nitrogen and oxygen atoms in total. The molecule has 1 aromatic rings. The van der Waals surface area contributed by atoms with E-state index in [1.54, 1.807) is 0 Å². The molecule has 4 atom stereocenters. The Morgan fingerprint density at radius 2 is 2.25 bits per heavy atom. The van der Waals surface area contributed by atoms with Crippen LogP contribution in [0.5, 0.6) is 0 Å². The highest BCUT2D eigenvalue weighted by Crippen LogP contribution is 2.48. The zero-order valence-corrected chi connectivity index (χ0v) is 12.2. The summed E-state index contributed by atoms with van der Waals surface area (Å²) in [7, 11) is 0. The highest BCUT2D eigenvalue weighted by atomic mass is 32.1. The van der Waals surface area contributed by atoms with E-state index in [4.69, 9.17) is 5.11 Å². The van der Waals surface area contributed by atoms with E-state index in [0.717, 1.165) is 12.3 Å². The third-order valence-corrected chi connectivity index (χ3v) is 5.57. The number of nitrogens with zero attached hydrogens (tertiary/aromatic N) is 1. The molecule has 4 unspecified atom stereocenters. The first kappa shape index (κ1) is 13.5. The van der Waals surface area contributed by atoms with Crippen LogP contribution in [-0.4, -0.2) is 22.0 Å². The van der Waals surface area contributed by atoms with Crippen LogP contribution < -0.4 is 5.32 Å². The van der Waals surface area contributed by atoms with E-state index in [2.05, 4.69) is 10.3 Å². The number of thiazole rings is 1. The van der Waals surface area contributed by atoms with Gasteiger partial charge in [0.2, 0.25) is 5.91 Å². The average Bonchev–Trinajstić information content (AvgIpc) is 3.14. The Balaban J connectivity index is 1.62. The van der Waals surface area contributed by atoms with Crippen molar-refractivity contribution in [1.29, 1.82) is 0 Å². The minimum absolute atomic E-state index is 0.0472. The van der Waals surface area contributed by atoms with Crippen molar-refractivity contribution in [3.63, 3.8) is 0 Å². The number of carboxylic acids is 1. The molecular formula is C14H18N2O3S. The van der Waals surface area contributed by atoms with Crippen LogP contribution in [-0.2, 0) is 4.79 Å². The van der Waals surface area contributed by atoms with Crippen LogP contribution in [0.3, 0.4) is 0 Å². The number of aromatic nitrogens is 1. The molecular weight excluding hydrogens is 276 g/mol. The molecule has 2 N–H and O–H groups in total. The summed E-state index contributed by atoms with van der Waals surface area (Å²) in [5, 5.41) is 14.0. The van der Waals surface area contributed by atoms with Crippen LogP contribution >= 0.6 is 11.3 Å². The standard InChI is InChI=1S/C14H18N2O3S/c1-7(13-16-11(6-20-13)14(18)19)15-12(17)10-5-8-2-3-9(10)4-8/h6-10H,2-5H2,1H3,(H,15,17)(H,18,19). The average molecular weight is 294 g/mol. The van der Waals surface area contributed by atoms with Gasteiger partial charge in [0.25, 0.3) is 0 Å². The van der Waals surface area contributed by atoms with Crippen LogP contribution in [0.25, 0.3) is 0 Å². The summed E-state index contributed by atoms with van der Waals surface area (Å²) in [6.07, 6.45) is 4.67. The molecule has 20 heavy (non-hydrogen) atoms. The lowest BCUT2D eigenvalue weighted by Crippen LogP contribution is -2.35. The second-order valence-electron chi connectivity index (χ2n) is 5.89. The molecule has 0 aliphatic heterocycles. The fourth-order valence-corrected chi connectivity index (χ4v) is 4.33. The van der Waals surface area contributed by atoms with Gasteiger partial charge in [-0.3, -0.25) is 4.79 Å². The molecule has 0 radical (unpaired) electrons. The molecule has 3 rings (SSSR count). The van der Waals surface area contributed by atoms with Gasteiger partial charge in [0, 0.05) is 11.3 Å². The highest BCUT2D eigenvalue weighted by Gasteiger charge is 2.43. The molecule has 1 aromatic heterocycles. The van der Waals surface area contributed by atoms with Gasteiger partial charge in [-0.2, -0.15) is 0 Å². The van der Waals surface area contributed by atoms with Crippen molar-refractivity contribution in [3.05, 3.63) is 16.1 Å². The number of fused-ring (bicyclic) bond motifs is 2.